The van der Waals surface area contributed by atoms with Gasteiger partial charge < -0.3 is 16.6 Å². The number of nitrogen functional groups attached to an aromatic ring is 1. The summed E-state index contributed by atoms with van der Waals surface area (Å²) in [5.74, 6) is 0.504. The van der Waals surface area contributed by atoms with Crippen molar-refractivity contribution >= 4 is 5.82 Å². The summed E-state index contributed by atoms with van der Waals surface area (Å²) in [6.07, 6.45) is 1.59. The largest absolute Gasteiger partial charge is 0.394 e. The summed E-state index contributed by atoms with van der Waals surface area (Å²) in [6.45, 7) is 1.78. The lowest BCUT2D eigenvalue weighted by Gasteiger charge is -2.09. The summed E-state index contributed by atoms with van der Waals surface area (Å²) in [7, 11) is 0. The molecule has 1 aromatic heterocycles. The molecule has 1 heterocycles. The Labute approximate surface area is 71.2 Å². The summed E-state index contributed by atoms with van der Waals surface area (Å²) >= 11 is 0. The van der Waals surface area contributed by atoms with Crippen LogP contribution in [0.5, 0.6) is 0 Å². The number of nitrogens with zero attached hydrogens (tertiary/aromatic N) is 1. The van der Waals surface area contributed by atoms with Crippen LogP contribution in [0.2, 0.25) is 0 Å². The van der Waals surface area contributed by atoms with Gasteiger partial charge in [-0.25, -0.2) is 4.98 Å². The smallest absolute Gasteiger partial charge is 0.126 e. The fourth-order valence-corrected chi connectivity index (χ4v) is 0.915. The molecule has 0 aliphatic heterocycles. The molecule has 1 rings (SSSR count). The minimum Gasteiger partial charge on any atom is -0.394 e. The van der Waals surface area contributed by atoms with Gasteiger partial charge in [0.1, 0.15) is 5.82 Å². The number of anilines is 1. The molecule has 12 heavy (non-hydrogen) atoms. The highest BCUT2D eigenvalue weighted by molar-refractivity contribution is 5.40. The van der Waals surface area contributed by atoms with E-state index in [1.165, 1.54) is 0 Å². The van der Waals surface area contributed by atoms with Crippen LogP contribution in [0.1, 0.15) is 17.2 Å². The zero-order valence-corrected chi connectivity index (χ0v) is 6.99. The predicted molar refractivity (Wildman–Crippen MR) is 47.4 cm³/mol. The second kappa shape index (κ2) is 3.51. The van der Waals surface area contributed by atoms with E-state index in [9.17, 15) is 0 Å². The SMILES string of the molecule is Cc1cc(C(N)CO)cnc1N. The molecule has 0 aliphatic carbocycles. The van der Waals surface area contributed by atoms with Gasteiger partial charge in [0, 0.05) is 6.20 Å². The molecule has 0 saturated heterocycles. The van der Waals surface area contributed by atoms with E-state index in [2.05, 4.69) is 4.98 Å². The summed E-state index contributed by atoms with van der Waals surface area (Å²) in [5, 5.41) is 8.76. The van der Waals surface area contributed by atoms with Crippen molar-refractivity contribution < 1.29 is 5.11 Å². The van der Waals surface area contributed by atoms with Gasteiger partial charge in [-0.2, -0.15) is 0 Å². The Kier molecular flexibility index (Phi) is 2.62. The number of rotatable bonds is 2. The fraction of sp³-hybridized carbons (Fsp3) is 0.375. The zero-order chi connectivity index (χ0) is 9.14. The maximum absolute atomic E-state index is 8.76. The van der Waals surface area contributed by atoms with Crippen LogP contribution in [-0.4, -0.2) is 16.7 Å². The van der Waals surface area contributed by atoms with E-state index >= 15 is 0 Å². The van der Waals surface area contributed by atoms with Gasteiger partial charge >= 0.3 is 0 Å². The molecular weight excluding hydrogens is 154 g/mol. The maximum Gasteiger partial charge on any atom is 0.126 e. The molecule has 0 bridgehead atoms. The highest BCUT2D eigenvalue weighted by Crippen LogP contribution is 2.13. The quantitative estimate of drug-likeness (QED) is 0.577. The molecule has 66 valence electrons. The predicted octanol–water partition coefficient (Wildman–Crippen LogP) is -0.0357. The Hall–Kier alpha value is -1.13. The highest BCUT2D eigenvalue weighted by Gasteiger charge is 2.05. The first kappa shape index (κ1) is 8.96. The van der Waals surface area contributed by atoms with Crippen LogP contribution >= 0.6 is 0 Å². The highest BCUT2D eigenvalue weighted by atomic mass is 16.3. The zero-order valence-electron chi connectivity index (χ0n) is 6.99. The van der Waals surface area contributed by atoms with E-state index in [0.717, 1.165) is 11.1 Å². The molecule has 0 saturated carbocycles. The fourth-order valence-electron chi connectivity index (χ4n) is 0.915. The average molecular weight is 167 g/mol. The lowest BCUT2D eigenvalue weighted by atomic mass is 10.1. The molecule has 4 heteroatoms. The molecular formula is C8H13N3O. The van der Waals surface area contributed by atoms with E-state index in [4.69, 9.17) is 16.6 Å². The number of aromatic nitrogens is 1. The summed E-state index contributed by atoms with van der Waals surface area (Å²) < 4.78 is 0. The molecule has 5 N–H and O–H groups in total. The molecule has 1 unspecified atom stereocenters. The Bertz CT molecular complexity index is 275. The van der Waals surface area contributed by atoms with Crippen molar-refractivity contribution in [1.29, 1.82) is 0 Å². The van der Waals surface area contributed by atoms with Crippen LogP contribution in [0, 0.1) is 6.92 Å². The lowest BCUT2D eigenvalue weighted by Crippen LogP contribution is -2.15. The van der Waals surface area contributed by atoms with Crippen LogP contribution in [0.25, 0.3) is 0 Å². The van der Waals surface area contributed by atoms with Crippen molar-refractivity contribution in [1.82, 2.24) is 4.98 Å². The van der Waals surface area contributed by atoms with Gasteiger partial charge in [-0.3, -0.25) is 0 Å². The molecule has 4 nitrogen and oxygen atoms in total. The first-order chi connectivity index (χ1) is 5.65. The molecule has 0 amide bonds. The molecule has 1 aromatic rings. The minimum absolute atomic E-state index is 0.0783. The van der Waals surface area contributed by atoms with Crippen molar-refractivity contribution in [2.75, 3.05) is 12.3 Å². The van der Waals surface area contributed by atoms with Crippen molar-refractivity contribution in [2.24, 2.45) is 5.73 Å². The van der Waals surface area contributed by atoms with Gasteiger partial charge in [-0.15, -0.1) is 0 Å². The van der Waals surface area contributed by atoms with Gasteiger partial charge in [0.2, 0.25) is 0 Å². The third-order valence-corrected chi connectivity index (χ3v) is 1.76. The van der Waals surface area contributed by atoms with Gasteiger partial charge in [0.25, 0.3) is 0 Å². The minimum atomic E-state index is -0.364. The Morgan fingerprint density at radius 3 is 2.83 bits per heavy atom. The maximum atomic E-state index is 8.76. The summed E-state index contributed by atoms with van der Waals surface area (Å²) in [5.41, 5.74) is 12.8. The topological polar surface area (TPSA) is 85.2 Å². The van der Waals surface area contributed by atoms with E-state index in [1.807, 2.05) is 13.0 Å². The van der Waals surface area contributed by atoms with Crippen LogP contribution < -0.4 is 11.5 Å². The van der Waals surface area contributed by atoms with Crippen LogP contribution in [0.4, 0.5) is 5.82 Å². The van der Waals surface area contributed by atoms with Crippen molar-refractivity contribution in [3.05, 3.63) is 23.4 Å². The van der Waals surface area contributed by atoms with E-state index in [0.29, 0.717) is 5.82 Å². The average Bonchev–Trinajstić information content (AvgIpc) is 2.08. The number of hydrogen-bond donors (Lipinski definition) is 3. The van der Waals surface area contributed by atoms with Gasteiger partial charge in [-0.1, -0.05) is 0 Å². The van der Waals surface area contributed by atoms with Crippen LogP contribution in [-0.2, 0) is 0 Å². The van der Waals surface area contributed by atoms with Gasteiger partial charge in [-0.05, 0) is 24.1 Å². The molecule has 0 fully saturated rings. The third kappa shape index (κ3) is 1.72. The normalized spacial score (nSPS) is 12.9. The van der Waals surface area contributed by atoms with Crippen LogP contribution in [0.15, 0.2) is 12.3 Å². The summed E-state index contributed by atoms with van der Waals surface area (Å²) in [6, 6.07) is 1.47. The molecule has 0 aromatic carbocycles. The second-order valence-electron chi connectivity index (χ2n) is 2.76. The van der Waals surface area contributed by atoms with Crippen LogP contribution in [0.3, 0.4) is 0 Å². The number of aliphatic hydroxyl groups is 1. The number of hydrogen-bond acceptors (Lipinski definition) is 4. The second-order valence-corrected chi connectivity index (χ2v) is 2.76. The Morgan fingerprint density at radius 2 is 2.33 bits per heavy atom. The number of aliphatic hydroxyl groups excluding tert-OH is 1. The number of nitrogens with two attached hydrogens (primary N) is 2. The Morgan fingerprint density at radius 1 is 1.67 bits per heavy atom. The van der Waals surface area contributed by atoms with Gasteiger partial charge in [0.15, 0.2) is 0 Å². The van der Waals surface area contributed by atoms with E-state index < -0.39 is 0 Å². The molecule has 0 radical (unpaired) electrons. The van der Waals surface area contributed by atoms with Gasteiger partial charge in [0.05, 0.1) is 12.6 Å². The Balaban J connectivity index is 2.96. The number of pyridine rings is 1. The molecule has 0 spiro atoms. The standard InChI is InChI=1S/C8H13N3O/c1-5-2-6(7(9)4-12)3-11-8(5)10/h2-3,7,12H,4,9H2,1H3,(H2,10,11). The third-order valence-electron chi connectivity index (χ3n) is 1.76. The van der Waals surface area contributed by atoms with Crippen molar-refractivity contribution in [2.45, 2.75) is 13.0 Å². The molecule has 0 aliphatic rings. The lowest BCUT2D eigenvalue weighted by molar-refractivity contribution is 0.268. The van der Waals surface area contributed by atoms with Crippen molar-refractivity contribution in [3.63, 3.8) is 0 Å². The summed E-state index contributed by atoms with van der Waals surface area (Å²) in [4.78, 5) is 3.93. The monoisotopic (exact) mass is 167 g/mol. The van der Waals surface area contributed by atoms with E-state index in [-0.39, 0.29) is 12.6 Å². The first-order valence-electron chi connectivity index (χ1n) is 3.73. The first-order valence-corrected chi connectivity index (χ1v) is 3.73. The molecule has 1 atom stereocenters. The number of aryl methyl sites for hydroxylation is 1. The van der Waals surface area contributed by atoms with Crippen molar-refractivity contribution in [3.8, 4) is 0 Å². The van der Waals surface area contributed by atoms with E-state index in [1.54, 1.807) is 6.20 Å².